The molecule has 0 heterocycles. The molecule has 4 nitrogen and oxygen atoms in total. The number of carbonyl (C=O) groups is 1. The van der Waals surface area contributed by atoms with E-state index >= 15 is 0 Å². The van der Waals surface area contributed by atoms with Crippen molar-refractivity contribution in [2.24, 2.45) is 5.41 Å². The maximum absolute atomic E-state index is 10.9. The quantitative estimate of drug-likeness (QED) is 0.391. The molecule has 0 saturated heterocycles. The Morgan fingerprint density at radius 1 is 1.26 bits per heavy atom. The Bertz CT molecular complexity index is 555. The molecular formula is C19H27NO3. The lowest BCUT2D eigenvalue weighted by molar-refractivity contribution is -0.129. The number of unbranched alkanes of at least 4 members (excludes halogenated alkanes) is 3. The first kappa shape index (κ1) is 17.7. The summed E-state index contributed by atoms with van der Waals surface area (Å²) < 4.78 is 0. The molecule has 1 aliphatic carbocycles. The van der Waals surface area contributed by atoms with Gasteiger partial charge in [0.25, 0.3) is 0 Å². The zero-order chi connectivity index (χ0) is 16.7. The van der Waals surface area contributed by atoms with E-state index in [0.717, 1.165) is 38.5 Å². The molecule has 2 rings (SSSR count). The van der Waals surface area contributed by atoms with E-state index in [1.54, 1.807) is 5.48 Å². The number of carbonyl (C=O) groups excluding carboxylic acids is 1. The molecule has 1 aliphatic rings. The molecule has 2 unspecified atom stereocenters. The monoisotopic (exact) mass is 317 g/mol. The first-order chi connectivity index (χ1) is 11.0. The van der Waals surface area contributed by atoms with E-state index in [2.05, 4.69) is 31.2 Å². The second-order valence-electron chi connectivity index (χ2n) is 6.72. The summed E-state index contributed by atoms with van der Waals surface area (Å²) in [6, 6.07) is 8.34. The number of benzene rings is 1. The predicted molar refractivity (Wildman–Crippen MR) is 90.9 cm³/mol. The van der Waals surface area contributed by atoms with Gasteiger partial charge in [0.2, 0.25) is 5.91 Å². The van der Waals surface area contributed by atoms with Crippen molar-refractivity contribution < 1.29 is 15.1 Å². The van der Waals surface area contributed by atoms with Crippen molar-refractivity contribution in [1.29, 1.82) is 0 Å². The lowest BCUT2D eigenvalue weighted by Gasteiger charge is -2.35. The first-order valence-electron chi connectivity index (χ1n) is 8.43. The van der Waals surface area contributed by atoms with Crippen LogP contribution in [0.15, 0.2) is 30.3 Å². The smallest absolute Gasteiger partial charge is 0.243 e. The average Bonchev–Trinajstić information content (AvgIpc) is 2.57. The van der Waals surface area contributed by atoms with E-state index in [1.807, 2.05) is 12.1 Å². The molecule has 126 valence electrons. The second-order valence-corrected chi connectivity index (χ2v) is 6.72. The van der Waals surface area contributed by atoms with Gasteiger partial charge < -0.3 is 5.11 Å². The molecule has 1 aromatic carbocycles. The zero-order valence-corrected chi connectivity index (χ0v) is 13.8. The minimum Gasteiger partial charge on any atom is -0.392 e. The number of hydroxylamine groups is 1. The SMILES string of the molecule is CC1(C(O)CCCCCCC(=O)NO)C=Cc2ccccc2C1. The zero-order valence-electron chi connectivity index (χ0n) is 13.8. The molecular weight excluding hydrogens is 290 g/mol. The van der Waals surface area contributed by atoms with E-state index in [4.69, 9.17) is 5.21 Å². The number of aliphatic hydroxyl groups excluding tert-OH is 1. The fraction of sp³-hybridized carbons (Fsp3) is 0.526. The fourth-order valence-electron chi connectivity index (χ4n) is 3.20. The van der Waals surface area contributed by atoms with Gasteiger partial charge in [-0.3, -0.25) is 10.0 Å². The summed E-state index contributed by atoms with van der Waals surface area (Å²) in [5, 5.41) is 19.0. The van der Waals surface area contributed by atoms with Crippen LogP contribution in [0.25, 0.3) is 6.08 Å². The maximum atomic E-state index is 10.9. The van der Waals surface area contributed by atoms with Gasteiger partial charge in [-0.25, -0.2) is 5.48 Å². The minimum atomic E-state index is -0.354. The van der Waals surface area contributed by atoms with Gasteiger partial charge in [0.15, 0.2) is 0 Å². The van der Waals surface area contributed by atoms with Gasteiger partial charge in [-0.1, -0.05) is 62.6 Å². The van der Waals surface area contributed by atoms with E-state index in [9.17, 15) is 9.90 Å². The highest BCUT2D eigenvalue weighted by molar-refractivity contribution is 5.74. The predicted octanol–water partition coefficient (Wildman–Crippen LogP) is 3.47. The van der Waals surface area contributed by atoms with Crippen molar-refractivity contribution >= 4 is 12.0 Å². The lowest BCUT2D eigenvalue weighted by Crippen LogP contribution is -2.34. The third kappa shape index (κ3) is 4.91. The third-order valence-corrected chi connectivity index (χ3v) is 4.79. The van der Waals surface area contributed by atoms with Gasteiger partial charge in [-0.15, -0.1) is 0 Å². The van der Waals surface area contributed by atoms with E-state index in [0.29, 0.717) is 6.42 Å². The van der Waals surface area contributed by atoms with Crippen molar-refractivity contribution in [1.82, 2.24) is 5.48 Å². The molecule has 3 N–H and O–H groups in total. The van der Waals surface area contributed by atoms with Crippen LogP contribution in [0.4, 0.5) is 0 Å². The van der Waals surface area contributed by atoms with Gasteiger partial charge in [-0.05, 0) is 30.4 Å². The van der Waals surface area contributed by atoms with Crippen molar-refractivity contribution in [2.45, 2.75) is 58.0 Å². The number of amides is 1. The van der Waals surface area contributed by atoms with Crippen molar-refractivity contribution in [2.75, 3.05) is 0 Å². The summed E-state index contributed by atoms with van der Waals surface area (Å²) in [6.07, 6.45) is 9.57. The van der Waals surface area contributed by atoms with Crippen LogP contribution in [-0.4, -0.2) is 22.3 Å². The molecule has 0 saturated carbocycles. The van der Waals surface area contributed by atoms with E-state index < -0.39 is 0 Å². The summed E-state index contributed by atoms with van der Waals surface area (Å²) >= 11 is 0. The Hall–Kier alpha value is -1.65. The Morgan fingerprint density at radius 2 is 2.00 bits per heavy atom. The number of fused-ring (bicyclic) bond motifs is 1. The van der Waals surface area contributed by atoms with Crippen LogP contribution < -0.4 is 5.48 Å². The molecule has 1 amide bonds. The Kier molecular flexibility index (Phi) is 6.37. The third-order valence-electron chi connectivity index (χ3n) is 4.79. The summed E-state index contributed by atoms with van der Waals surface area (Å²) in [5.41, 5.74) is 3.99. The van der Waals surface area contributed by atoms with Crippen LogP contribution in [0.3, 0.4) is 0 Å². The largest absolute Gasteiger partial charge is 0.392 e. The molecule has 0 fully saturated rings. The molecule has 1 aromatic rings. The molecule has 0 radical (unpaired) electrons. The number of aliphatic hydroxyl groups is 1. The summed E-state index contributed by atoms with van der Waals surface area (Å²) in [5.74, 6) is -0.330. The van der Waals surface area contributed by atoms with Crippen LogP contribution in [0, 0.1) is 5.41 Å². The number of rotatable bonds is 8. The van der Waals surface area contributed by atoms with E-state index in [1.165, 1.54) is 11.1 Å². The van der Waals surface area contributed by atoms with Gasteiger partial charge >= 0.3 is 0 Å². The highest BCUT2D eigenvalue weighted by Gasteiger charge is 2.32. The second kappa shape index (κ2) is 8.27. The normalized spacial score (nSPS) is 20.8. The molecule has 0 bridgehead atoms. The highest BCUT2D eigenvalue weighted by atomic mass is 16.5. The van der Waals surface area contributed by atoms with Gasteiger partial charge in [-0.2, -0.15) is 0 Å². The fourth-order valence-corrected chi connectivity index (χ4v) is 3.20. The van der Waals surface area contributed by atoms with Crippen LogP contribution in [0.1, 0.15) is 56.6 Å². The number of nitrogens with one attached hydrogen (secondary N) is 1. The van der Waals surface area contributed by atoms with Crippen molar-refractivity contribution in [3.05, 3.63) is 41.5 Å². The molecule has 0 aliphatic heterocycles. The Balaban J connectivity index is 1.74. The summed E-state index contributed by atoms with van der Waals surface area (Å²) in [7, 11) is 0. The van der Waals surface area contributed by atoms with Crippen LogP contribution in [0.2, 0.25) is 0 Å². The van der Waals surface area contributed by atoms with Crippen molar-refractivity contribution in [3.8, 4) is 0 Å². The molecule has 0 spiro atoms. The van der Waals surface area contributed by atoms with Crippen LogP contribution in [-0.2, 0) is 11.2 Å². The molecule has 0 aromatic heterocycles. The average molecular weight is 317 g/mol. The first-order valence-corrected chi connectivity index (χ1v) is 8.43. The molecule has 2 atom stereocenters. The van der Waals surface area contributed by atoms with Crippen LogP contribution in [0.5, 0.6) is 0 Å². The van der Waals surface area contributed by atoms with Gasteiger partial charge in [0, 0.05) is 11.8 Å². The molecule has 4 heteroatoms. The summed E-state index contributed by atoms with van der Waals surface area (Å²) in [6.45, 7) is 2.12. The maximum Gasteiger partial charge on any atom is 0.243 e. The minimum absolute atomic E-state index is 0.203. The van der Waals surface area contributed by atoms with Crippen LogP contribution >= 0.6 is 0 Å². The molecule has 23 heavy (non-hydrogen) atoms. The number of hydrogen-bond acceptors (Lipinski definition) is 3. The van der Waals surface area contributed by atoms with Crippen molar-refractivity contribution in [3.63, 3.8) is 0 Å². The topological polar surface area (TPSA) is 69.6 Å². The Labute approximate surface area is 138 Å². The Morgan fingerprint density at radius 3 is 2.78 bits per heavy atom. The van der Waals surface area contributed by atoms with E-state index in [-0.39, 0.29) is 17.4 Å². The summed E-state index contributed by atoms with van der Waals surface area (Å²) in [4.78, 5) is 10.9. The lowest BCUT2D eigenvalue weighted by atomic mass is 9.72. The standard InChI is InChI=1S/C19H27NO3/c1-19(13-12-15-8-6-7-9-16(15)14-19)17(21)10-4-2-3-5-11-18(22)20-23/h6-9,12-13,17,21,23H,2-5,10-11,14H2,1H3,(H,20,22). The number of hydrogen-bond donors (Lipinski definition) is 3. The van der Waals surface area contributed by atoms with Gasteiger partial charge in [0.1, 0.15) is 0 Å². The highest BCUT2D eigenvalue weighted by Crippen LogP contribution is 2.36. The van der Waals surface area contributed by atoms with Gasteiger partial charge in [0.05, 0.1) is 6.10 Å².